The van der Waals surface area contributed by atoms with Crippen molar-refractivity contribution >= 4 is 29.4 Å². The lowest BCUT2D eigenvalue weighted by atomic mass is 10.2. The summed E-state index contributed by atoms with van der Waals surface area (Å²) >= 11 is 0. The van der Waals surface area contributed by atoms with E-state index < -0.39 is 10.8 Å². The zero-order chi connectivity index (χ0) is 19.6. The predicted molar refractivity (Wildman–Crippen MR) is 99.7 cm³/mol. The first-order valence-corrected chi connectivity index (χ1v) is 7.99. The van der Waals surface area contributed by atoms with Crippen LogP contribution >= 0.6 is 0 Å². The molecular weight excluding hydrogens is 352 g/mol. The second-order valence-electron chi connectivity index (χ2n) is 5.39. The van der Waals surface area contributed by atoms with Crippen LogP contribution in [0.1, 0.15) is 18.4 Å². The second-order valence-corrected chi connectivity index (χ2v) is 5.39. The number of nitro benzene ring substituents is 1. The van der Waals surface area contributed by atoms with Crippen LogP contribution in [0.3, 0.4) is 0 Å². The third-order valence-electron chi connectivity index (χ3n) is 3.44. The number of carbonyl (C=O) groups is 2. The molecule has 2 aromatic carbocycles. The smallest absolute Gasteiger partial charge is 0.270 e. The average Bonchev–Trinajstić information content (AvgIpc) is 2.67. The summed E-state index contributed by atoms with van der Waals surface area (Å²) in [5, 5.41) is 17.1. The molecule has 0 heterocycles. The second kappa shape index (κ2) is 9.66. The predicted octanol–water partition coefficient (Wildman–Crippen LogP) is 2.47. The Hall–Kier alpha value is -3.75. The van der Waals surface area contributed by atoms with Crippen LogP contribution in [0.2, 0.25) is 0 Å². The number of amides is 2. The fraction of sp³-hybridized carbons (Fsp3) is 0.167. The molecule has 0 aliphatic rings. The Balaban J connectivity index is 1.79. The quantitative estimate of drug-likeness (QED) is 0.420. The number of para-hydroxylation sites is 2. The molecule has 0 spiro atoms. The van der Waals surface area contributed by atoms with Gasteiger partial charge in [0.1, 0.15) is 5.75 Å². The molecule has 0 radical (unpaired) electrons. The lowest BCUT2D eigenvalue weighted by Crippen LogP contribution is -2.20. The molecule has 0 aliphatic heterocycles. The van der Waals surface area contributed by atoms with Crippen molar-refractivity contribution in [2.75, 3.05) is 12.4 Å². The minimum atomic E-state index is -0.518. The van der Waals surface area contributed by atoms with Crippen LogP contribution in [0.4, 0.5) is 11.4 Å². The molecule has 9 heteroatoms. The normalized spacial score (nSPS) is 10.4. The maximum atomic E-state index is 11.9. The van der Waals surface area contributed by atoms with Gasteiger partial charge in [0.05, 0.1) is 23.9 Å². The van der Waals surface area contributed by atoms with E-state index in [1.165, 1.54) is 31.5 Å². The number of nitro groups is 1. The average molecular weight is 370 g/mol. The number of ether oxygens (including phenoxy) is 1. The van der Waals surface area contributed by atoms with E-state index in [9.17, 15) is 19.7 Å². The number of hydrogen-bond donors (Lipinski definition) is 2. The Labute approximate surface area is 155 Å². The Morgan fingerprint density at radius 2 is 1.89 bits per heavy atom. The van der Waals surface area contributed by atoms with Gasteiger partial charge in [-0.3, -0.25) is 19.7 Å². The van der Waals surface area contributed by atoms with Crippen LogP contribution in [0, 0.1) is 10.1 Å². The van der Waals surface area contributed by atoms with Crippen molar-refractivity contribution in [2.24, 2.45) is 5.10 Å². The lowest BCUT2D eigenvalue weighted by molar-refractivity contribution is -0.384. The van der Waals surface area contributed by atoms with E-state index >= 15 is 0 Å². The first-order valence-electron chi connectivity index (χ1n) is 7.99. The fourth-order valence-corrected chi connectivity index (χ4v) is 2.14. The largest absolute Gasteiger partial charge is 0.495 e. The van der Waals surface area contributed by atoms with E-state index in [-0.39, 0.29) is 24.4 Å². The van der Waals surface area contributed by atoms with Crippen molar-refractivity contribution in [3.63, 3.8) is 0 Å². The summed E-state index contributed by atoms with van der Waals surface area (Å²) < 4.78 is 5.13. The number of nitrogens with one attached hydrogen (secondary N) is 2. The van der Waals surface area contributed by atoms with Crippen molar-refractivity contribution in [2.45, 2.75) is 12.8 Å². The number of anilines is 1. The Bertz CT molecular complexity index is 866. The van der Waals surface area contributed by atoms with E-state index in [4.69, 9.17) is 4.74 Å². The van der Waals surface area contributed by atoms with Crippen LogP contribution in [-0.4, -0.2) is 30.1 Å². The van der Waals surface area contributed by atoms with Crippen molar-refractivity contribution in [1.82, 2.24) is 5.43 Å². The van der Waals surface area contributed by atoms with Gasteiger partial charge in [-0.25, -0.2) is 5.43 Å². The van der Waals surface area contributed by atoms with Crippen LogP contribution in [0.25, 0.3) is 0 Å². The standard InChI is InChI=1S/C18H18N4O5/c1-27-16-8-3-2-7-15(16)20-17(23)9-10-18(24)21-19-12-13-5-4-6-14(11-13)22(25)26/h2-8,11-12H,9-10H2,1H3,(H,20,23)(H,21,24)/b19-12-. The van der Waals surface area contributed by atoms with Gasteiger partial charge < -0.3 is 10.1 Å². The molecule has 2 N–H and O–H groups in total. The van der Waals surface area contributed by atoms with E-state index in [0.29, 0.717) is 17.0 Å². The third-order valence-corrected chi connectivity index (χ3v) is 3.44. The molecule has 0 atom stereocenters. The summed E-state index contributed by atoms with van der Waals surface area (Å²) in [7, 11) is 1.50. The zero-order valence-electron chi connectivity index (χ0n) is 14.5. The molecule has 2 amide bonds. The summed E-state index contributed by atoms with van der Waals surface area (Å²) in [5.41, 5.74) is 3.20. The maximum absolute atomic E-state index is 11.9. The molecule has 2 rings (SSSR count). The highest BCUT2D eigenvalue weighted by atomic mass is 16.6. The number of benzene rings is 2. The summed E-state index contributed by atoms with van der Waals surface area (Å²) in [5.74, 6) is -0.263. The van der Waals surface area contributed by atoms with Crippen molar-refractivity contribution < 1.29 is 19.2 Å². The first kappa shape index (κ1) is 19.6. The Kier molecular flexibility index (Phi) is 7.00. The molecule has 0 aliphatic carbocycles. The van der Waals surface area contributed by atoms with Crippen molar-refractivity contribution in [3.05, 3.63) is 64.2 Å². The molecule has 140 valence electrons. The SMILES string of the molecule is COc1ccccc1NC(=O)CCC(=O)N/N=C\c1cccc([N+](=O)[O-])c1. The van der Waals surface area contributed by atoms with E-state index in [1.807, 2.05) is 0 Å². The number of rotatable bonds is 8. The summed E-state index contributed by atoms with van der Waals surface area (Å²) in [6.45, 7) is 0. The molecule has 2 aromatic rings. The van der Waals surface area contributed by atoms with Crippen molar-refractivity contribution in [3.8, 4) is 5.75 Å². The molecule has 9 nitrogen and oxygen atoms in total. The minimum Gasteiger partial charge on any atom is -0.495 e. The monoisotopic (exact) mass is 370 g/mol. The highest BCUT2D eigenvalue weighted by Gasteiger charge is 2.09. The fourth-order valence-electron chi connectivity index (χ4n) is 2.14. The van der Waals surface area contributed by atoms with Crippen molar-refractivity contribution in [1.29, 1.82) is 0 Å². The topological polar surface area (TPSA) is 123 Å². The molecule has 27 heavy (non-hydrogen) atoms. The summed E-state index contributed by atoms with van der Waals surface area (Å²) in [6, 6.07) is 12.8. The minimum absolute atomic E-state index is 0.0315. The van der Waals surface area contributed by atoms with E-state index in [2.05, 4.69) is 15.8 Å². The highest BCUT2D eigenvalue weighted by Crippen LogP contribution is 2.23. The molecule has 0 unspecified atom stereocenters. The van der Waals surface area contributed by atoms with E-state index in [0.717, 1.165) is 0 Å². The number of methoxy groups -OCH3 is 1. The van der Waals surface area contributed by atoms with Gasteiger partial charge in [-0.2, -0.15) is 5.10 Å². The number of carbonyl (C=O) groups excluding carboxylic acids is 2. The first-order chi connectivity index (χ1) is 13.0. The molecule has 0 saturated heterocycles. The van der Waals surface area contributed by atoms with Gasteiger partial charge in [-0.05, 0) is 12.1 Å². The van der Waals surface area contributed by atoms with Crippen LogP contribution in [0.5, 0.6) is 5.75 Å². The van der Waals surface area contributed by atoms with E-state index in [1.54, 1.807) is 30.3 Å². The maximum Gasteiger partial charge on any atom is 0.270 e. The Morgan fingerprint density at radius 1 is 1.15 bits per heavy atom. The molecule has 0 bridgehead atoms. The zero-order valence-corrected chi connectivity index (χ0v) is 14.5. The summed E-state index contributed by atoms with van der Waals surface area (Å²) in [6.07, 6.45) is 1.20. The van der Waals surface area contributed by atoms with Crippen LogP contribution in [-0.2, 0) is 9.59 Å². The molecular formula is C18H18N4O5. The highest BCUT2D eigenvalue weighted by molar-refractivity contribution is 5.94. The number of hydrazone groups is 1. The van der Waals surface area contributed by atoms with Gasteiger partial charge in [-0.15, -0.1) is 0 Å². The van der Waals surface area contributed by atoms with Gasteiger partial charge in [0.15, 0.2) is 0 Å². The third kappa shape index (κ3) is 6.24. The van der Waals surface area contributed by atoms with Gasteiger partial charge in [0.2, 0.25) is 11.8 Å². The number of nitrogens with zero attached hydrogens (tertiary/aromatic N) is 2. The van der Waals surface area contributed by atoms with Crippen LogP contribution in [0.15, 0.2) is 53.6 Å². The summed E-state index contributed by atoms with van der Waals surface area (Å²) in [4.78, 5) is 33.9. The lowest BCUT2D eigenvalue weighted by Gasteiger charge is -2.09. The molecule has 0 saturated carbocycles. The molecule has 0 fully saturated rings. The van der Waals surface area contributed by atoms with Gasteiger partial charge >= 0.3 is 0 Å². The number of hydrogen-bond acceptors (Lipinski definition) is 6. The van der Waals surface area contributed by atoms with Crippen LogP contribution < -0.4 is 15.5 Å². The van der Waals surface area contributed by atoms with Gasteiger partial charge in [0, 0.05) is 30.5 Å². The molecule has 0 aromatic heterocycles. The van der Waals surface area contributed by atoms with Gasteiger partial charge in [0.25, 0.3) is 5.69 Å². The van der Waals surface area contributed by atoms with Gasteiger partial charge in [-0.1, -0.05) is 24.3 Å². The Morgan fingerprint density at radius 3 is 2.63 bits per heavy atom. The number of non-ortho nitro benzene ring substituents is 1.